The molecule has 2 saturated heterocycles. The number of amides is 2. The number of alkyl halides is 2. The summed E-state index contributed by atoms with van der Waals surface area (Å²) in [5.74, 6) is -4.04. The number of rotatable bonds is 1. The lowest BCUT2D eigenvalue weighted by Crippen LogP contribution is -2.59. The third-order valence-corrected chi connectivity index (χ3v) is 5.01. The van der Waals surface area contributed by atoms with Gasteiger partial charge in [0.25, 0.3) is 5.92 Å². The van der Waals surface area contributed by atoms with Gasteiger partial charge in [-0.15, -0.1) is 0 Å². The first kappa shape index (κ1) is 14.7. The van der Waals surface area contributed by atoms with Crippen LogP contribution in [0.4, 0.5) is 8.78 Å². The van der Waals surface area contributed by atoms with Crippen molar-refractivity contribution in [1.29, 1.82) is 0 Å². The molecule has 7 heteroatoms. The van der Waals surface area contributed by atoms with E-state index < -0.39 is 30.4 Å². The van der Waals surface area contributed by atoms with Gasteiger partial charge in [-0.05, 0) is 19.3 Å². The quantitative estimate of drug-likeness (QED) is 0.766. The van der Waals surface area contributed by atoms with Gasteiger partial charge in [0, 0.05) is 32.5 Å². The Kier molecular flexibility index (Phi) is 3.24. The second kappa shape index (κ2) is 4.63. The van der Waals surface area contributed by atoms with Crippen molar-refractivity contribution in [3.8, 4) is 0 Å². The van der Waals surface area contributed by atoms with E-state index in [1.54, 1.807) is 7.05 Å². The third-order valence-electron chi connectivity index (χ3n) is 5.01. The predicted octanol–water partition coefficient (Wildman–Crippen LogP) is 0.473. The molecular weight excluding hydrogens is 282 g/mol. The molecule has 1 unspecified atom stereocenters. The van der Waals surface area contributed by atoms with Gasteiger partial charge in [-0.3, -0.25) is 9.59 Å². The van der Waals surface area contributed by atoms with Crippen LogP contribution in [0.3, 0.4) is 0 Å². The molecule has 2 amide bonds. The van der Waals surface area contributed by atoms with Crippen LogP contribution in [0.15, 0.2) is 0 Å². The summed E-state index contributed by atoms with van der Waals surface area (Å²) in [6.07, 6.45) is 0.0658. The Bertz CT molecular complexity index is 479. The number of hydrogen-bond acceptors (Lipinski definition) is 3. The predicted molar refractivity (Wildman–Crippen MR) is 69.6 cm³/mol. The highest BCUT2D eigenvalue weighted by Gasteiger charge is 2.57. The first-order valence-corrected chi connectivity index (χ1v) is 7.33. The molecular formula is C14H20F2N2O3. The normalized spacial score (nSPS) is 38.8. The van der Waals surface area contributed by atoms with E-state index in [1.165, 1.54) is 4.90 Å². The molecule has 1 spiro atoms. The highest BCUT2D eigenvalue weighted by Crippen LogP contribution is 2.46. The molecule has 0 radical (unpaired) electrons. The van der Waals surface area contributed by atoms with Crippen molar-refractivity contribution < 1.29 is 23.5 Å². The van der Waals surface area contributed by atoms with Gasteiger partial charge < -0.3 is 14.9 Å². The Morgan fingerprint density at radius 3 is 2.52 bits per heavy atom. The summed E-state index contributed by atoms with van der Waals surface area (Å²) in [6, 6.07) is 0. The van der Waals surface area contributed by atoms with E-state index in [-0.39, 0.29) is 24.3 Å². The molecule has 5 nitrogen and oxygen atoms in total. The minimum atomic E-state index is -3.03. The van der Waals surface area contributed by atoms with Gasteiger partial charge in [-0.25, -0.2) is 8.78 Å². The van der Waals surface area contributed by atoms with Gasteiger partial charge >= 0.3 is 0 Å². The standard InChI is InChI=1S/C14H20F2N2O3/c1-17-3-2-13(12(17)21)6-14(15,16)8-18(7-13)11(20)9-4-10(19)5-9/h9-10,19H,2-8H2,1H3. The SMILES string of the molecule is CN1CCC2(CN(C(=O)C3CC(O)C3)CC(F)(F)C2)C1=O. The maximum absolute atomic E-state index is 14.1. The zero-order chi connectivity index (χ0) is 15.4. The molecule has 3 rings (SSSR count). The van der Waals surface area contributed by atoms with Crippen LogP contribution in [0.1, 0.15) is 25.7 Å². The summed E-state index contributed by atoms with van der Waals surface area (Å²) in [5.41, 5.74) is -1.13. The average molecular weight is 302 g/mol. The van der Waals surface area contributed by atoms with Gasteiger partial charge in [0.1, 0.15) is 0 Å². The molecule has 3 fully saturated rings. The third kappa shape index (κ3) is 2.41. The van der Waals surface area contributed by atoms with E-state index in [1.807, 2.05) is 0 Å². The molecule has 0 bridgehead atoms. The van der Waals surface area contributed by atoms with E-state index in [9.17, 15) is 23.5 Å². The molecule has 1 saturated carbocycles. The highest BCUT2D eigenvalue weighted by atomic mass is 19.3. The van der Waals surface area contributed by atoms with Crippen LogP contribution in [-0.4, -0.2) is 65.4 Å². The fourth-order valence-corrected chi connectivity index (χ4v) is 3.82. The molecule has 1 N–H and O–H groups in total. The van der Waals surface area contributed by atoms with Crippen molar-refractivity contribution in [2.24, 2.45) is 11.3 Å². The molecule has 2 aliphatic heterocycles. The second-order valence-corrected chi connectivity index (χ2v) is 6.81. The largest absolute Gasteiger partial charge is 0.393 e. The molecule has 118 valence electrons. The maximum Gasteiger partial charge on any atom is 0.266 e. The fraction of sp³-hybridized carbons (Fsp3) is 0.857. The number of nitrogens with zero attached hydrogens (tertiary/aromatic N) is 2. The summed E-state index contributed by atoms with van der Waals surface area (Å²) in [5, 5.41) is 9.27. The minimum absolute atomic E-state index is 0.0805. The van der Waals surface area contributed by atoms with E-state index in [4.69, 9.17) is 0 Å². The lowest BCUT2D eigenvalue weighted by atomic mass is 9.75. The number of halogens is 2. The van der Waals surface area contributed by atoms with Crippen LogP contribution in [0, 0.1) is 11.3 Å². The summed E-state index contributed by atoms with van der Waals surface area (Å²) in [6.45, 7) is -0.0759. The Morgan fingerprint density at radius 2 is 2.00 bits per heavy atom. The molecule has 3 aliphatic rings. The summed E-state index contributed by atoms with van der Waals surface area (Å²) in [4.78, 5) is 27.2. The van der Waals surface area contributed by atoms with Crippen LogP contribution in [0.5, 0.6) is 0 Å². The smallest absolute Gasteiger partial charge is 0.266 e. The topological polar surface area (TPSA) is 60.9 Å². The van der Waals surface area contributed by atoms with Crippen LogP contribution in [-0.2, 0) is 9.59 Å². The summed E-state index contributed by atoms with van der Waals surface area (Å²) < 4.78 is 28.1. The highest BCUT2D eigenvalue weighted by molar-refractivity contribution is 5.87. The van der Waals surface area contributed by atoms with Crippen LogP contribution in [0.25, 0.3) is 0 Å². The van der Waals surface area contributed by atoms with Crippen molar-refractivity contribution in [3.63, 3.8) is 0 Å². The number of aliphatic hydroxyl groups is 1. The zero-order valence-corrected chi connectivity index (χ0v) is 12.0. The van der Waals surface area contributed by atoms with Gasteiger partial charge in [0.15, 0.2) is 0 Å². The zero-order valence-electron chi connectivity index (χ0n) is 12.0. The fourth-order valence-electron chi connectivity index (χ4n) is 3.82. The maximum atomic E-state index is 14.1. The molecule has 2 heterocycles. The van der Waals surface area contributed by atoms with Crippen LogP contribution >= 0.6 is 0 Å². The monoisotopic (exact) mass is 302 g/mol. The van der Waals surface area contributed by atoms with Gasteiger partial charge in [-0.2, -0.15) is 0 Å². The van der Waals surface area contributed by atoms with Crippen LogP contribution < -0.4 is 0 Å². The van der Waals surface area contributed by atoms with Crippen LogP contribution in [0.2, 0.25) is 0 Å². The summed E-state index contributed by atoms with van der Waals surface area (Å²) in [7, 11) is 1.61. The van der Waals surface area contributed by atoms with E-state index in [0.717, 1.165) is 4.90 Å². The Hall–Kier alpha value is -1.24. The molecule has 0 aromatic heterocycles. The number of aliphatic hydroxyl groups excluding tert-OH is 1. The lowest BCUT2D eigenvalue weighted by Gasteiger charge is -2.45. The van der Waals surface area contributed by atoms with Crippen molar-refractivity contribution in [1.82, 2.24) is 9.80 Å². The molecule has 1 atom stereocenters. The molecule has 21 heavy (non-hydrogen) atoms. The number of likely N-dealkylation sites (tertiary alicyclic amines) is 2. The van der Waals surface area contributed by atoms with E-state index in [2.05, 4.69) is 0 Å². The Labute approximate surface area is 121 Å². The minimum Gasteiger partial charge on any atom is -0.393 e. The molecule has 0 aromatic rings. The van der Waals surface area contributed by atoms with Gasteiger partial charge in [0.2, 0.25) is 11.8 Å². The van der Waals surface area contributed by atoms with E-state index in [0.29, 0.717) is 25.8 Å². The van der Waals surface area contributed by atoms with Gasteiger partial charge in [0.05, 0.1) is 18.1 Å². The first-order valence-electron chi connectivity index (χ1n) is 7.33. The second-order valence-electron chi connectivity index (χ2n) is 6.81. The van der Waals surface area contributed by atoms with Crippen molar-refractivity contribution in [2.75, 3.05) is 26.7 Å². The van der Waals surface area contributed by atoms with Gasteiger partial charge in [-0.1, -0.05) is 0 Å². The number of piperidine rings is 1. The lowest BCUT2D eigenvalue weighted by molar-refractivity contribution is -0.168. The summed E-state index contributed by atoms with van der Waals surface area (Å²) >= 11 is 0. The number of hydrogen-bond donors (Lipinski definition) is 1. The Balaban J connectivity index is 1.79. The molecule has 1 aliphatic carbocycles. The number of carbonyl (C=O) groups excluding carboxylic acids is 2. The number of carbonyl (C=O) groups is 2. The van der Waals surface area contributed by atoms with Crippen molar-refractivity contribution in [3.05, 3.63) is 0 Å². The average Bonchev–Trinajstić information content (AvgIpc) is 2.61. The molecule has 0 aromatic carbocycles. The van der Waals surface area contributed by atoms with E-state index >= 15 is 0 Å². The van der Waals surface area contributed by atoms with Crippen molar-refractivity contribution in [2.45, 2.75) is 37.7 Å². The van der Waals surface area contributed by atoms with Crippen molar-refractivity contribution >= 4 is 11.8 Å². The Morgan fingerprint density at radius 1 is 1.33 bits per heavy atom. The first-order chi connectivity index (χ1) is 9.72.